The van der Waals surface area contributed by atoms with Gasteiger partial charge in [0, 0.05) is 5.69 Å². The van der Waals surface area contributed by atoms with Crippen molar-refractivity contribution < 1.29 is 9.53 Å². The van der Waals surface area contributed by atoms with E-state index in [2.05, 4.69) is 5.32 Å². The number of carbonyl (C=O) groups is 1. The average Bonchev–Trinajstić information content (AvgIpc) is 2.35. The summed E-state index contributed by atoms with van der Waals surface area (Å²) in [6.07, 6.45) is 0. The van der Waals surface area contributed by atoms with Crippen molar-refractivity contribution in [3.8, 4) is 11.8 Å². The van der Waals surface area contributed by atoms with Crippen molar-refractivity contribution in [1.82, 2.24) is 0 Å². The second-order valence-electron chi connectivity index (χ2n) is 4.48. The Hall–Kier alpha value is -1.15. The summed E-state index contributed by atoms with van der Waals surface area (Å²) in [5, 5.41) is 11.5. The Kier molecular flexibility index (Phi) is 5.94. The zero-order valence-electron chi connectivity index (χ0n) is 10.9. The third-order valence-corrected chi connectivity index (χ3v) is 2.70. The molecule has 4 nitrogen and oxygen atoms in total. The van der Waals surface area contributed by atoms with Gasteiger partial charge in [-0.15, -0.1) is 0 Å². The SMILES string of the molecule is CC(C)COc1ccc(NC(=O)C(Cl)(Cl)Cl)cc1C#N. The molecule has 1 rings (SSSR count). The molecule has 1 N–H and O–H groups in total. The van der Waals surface area contributed by atoms with Crippen molar-refractivity contribution in [3.63, 3.8) is 0 Å². The summed E-state index contributed by atoms with van der Waals surface area (Å²) in [5.74, 6) is 0.000560. The van der Waals surface area contributed by atoms with Gasteiger partial charge in [0.15, 0.2) is 0 Å². The van der Waals surface area contributed by atoms with E-state index in [0.717, 1.165) is 0 Å². The lowest BCUT2D eigenvalue weighted by molar-refractivity contribution is -0.115. The number of rotatable bonds is 4. The number of nitriles is 1. The van der Waals surface area contributed by atoms with E-state index in [9.17, 15) is 4.79 Å². The zero-order chi connectivity index (χ0) is 15.3. The molecule has 1 amide bonds. The van der Waals surface area contributed by atoms with Crippen LogP contribution in [0.1, 0.15) is 19.4 Å². The Bertz CT molecular complexity index is 533. The van der Waals surface area contributed by atoms with Crippen LogP contribution in [0.2, 0.25) is 0 Å². The van der Waals surface area contributed by atoms with Crippen molar-refractivity contribution in [2.24, 2.45) is 5.92 Å². The number of anilines is 1. The van der Waals surface area contributed by atoms with E-state index in [1.807, 2.05) is 19.9 Å². The molecule has 0 bridgehead atoms. The molecule has 0 spiro atoms. The minimum atomic E-state index is -2.06. The topological polar surface area (TPSA) is 62.1 Å². The molecule has 0 heterocycles. The summed E-state index contributed by atoms with van der Waals surface area (Å²) in [5.41, 5.74) is 0.655. The number of carbonyl (C=O) groups excluding carboxylic acids is 1. The molecule has 0 saturated carbocycles. The van der Waals surface area contributed by atoms with Gasteiger partial charge in [0.1, 0.15) is 11.8 Å². The van der Waals surface area contributed by atoms with E-state index in [4.69, 9.17) is 44.8 Å². The number of amides is 1. The standard InChI is InChI=1S/C13H13Cl3N2O2/c1-8(2)7-20-11-4-3-10(5-9(11)6-17)18-12(19)13(14,15)16/h3-5,8H,7H2,1-2H3,(H,18,19). The van der Waals surface area contributed by atoms with Gasteiger partial charge in [0.25, 0.3) is 9.70 Å². The smallest absolute Gasteiger partial charge is 0.276 e. The lowest BCUT2D eigenvalue weighted by Crippen LogP contribution is -2.26. The van der Waals surface area contributed by atoms with Crippen LogP contribution in [0.5, 0.6) is 5.75 Å². The van der Waals surface area contributed by atoms with Gasteiger partial charge in [-0.25, -0.2) is 0 Å². The number of alkyl halides is 3. The van der Waals surface area contributed by atoms with Crippen LogP contribution >= 0.6 is 34.8 Å². The van der Waals surface area contributed by atoms with E-state index >= 15 is 0 Å². The lowest BCUT2D eigenvalue weighted by Gasteiger charge is -2.13. The molecule has 0 aliphatic carbocycles. The number of nitrogens with one attached hydrogen (secondary N) is 1. The second kappa shape index (κ2) is 7.03. The minimum Gasteiger partial charge on any atom is -0.492 e. The molecular weight excluding hydrogens is 323 g/mol. The number of hydrogen-bond acceptors (Lipinski definition) is 3. The number of nitrogens with zero attached hydrogens (tertiary/aromatic N) is 1. The molecular formula is C13H13Cl3N2O2. The molecule has 0 aliphatic heterocycles. The first-order chi connectivity index (χ1) is 9.24. The van der Waals surface area contributed by atoms with Crippen LogP contribution in [-0.4, -0.2) is 16.3 Å². The van der Waals surface area contributed by atoms with E-state index in [0.29, 0.717) is 29.5 Å². The summed E-state index contributed by atoms with van der Waals surface area (Å²) in [4.78, 5) is 11.5. The molecule has 1 aromatic rings. The van der Waals surface area contributed by atoms with Gasteiger partial charge in [-0.2, -0.15) is 5.26 Å². The van der Waals surface area contributed by atoms with Gasteiger partial charge in [0.05, 0.1) is 12.2 Å². The minimum absolute atomic E-state index is 0.299. The normalized spacial score (nSPS) is 11.1. The molecule has 1 aromatic carbocycles. The molecule has 0 aliphatic rings. The predicted octanol–water partition coefficient (Wildman–Crippen LogP) is 3.90. The van der Waals surface area contributed by atoms with Crippen molar-refractivity contribution in [1.29, 1.82) is 5.26 Å². The number of benzene rings is 1. The summed E-state index contributed by atoms with van der Waals surface area (Å²) in [7, 11) is 0. The Labute approximate surface area is 132 Å². The van der Waals surface area contributed by atoms with Gasteiger partial charge in [-0.3, -0.25) is 4.79 Å². The summed E-state index contributed by atoms with van der Waals surface area (Å²) in [6.45, 7) is 4.50. The monoisotopic (exact) mass is 334 g/mol. The van der Waals surface area contributed by atoms with Gasteiger partial charge >= 0.3 is 0 Å². The van der Waals surface area contributed by atoms with E-state index in [-0.39, 0.29) is 0 Å². The summed E-state index contributed by atoms with van der Waals surface area (Å²) >= 11 is 16.4. The third kappa shape index (κ3) is 5.09. The molecule has 0 fully saturated rings. The van der Waals surface area contributed by atoms with Gasteiger partial charge in [-0.1, -0.05) is 48.7 Å². The summed E-state index contributed by atoms with van der Waals surface area (Å²) < 4.78 is 3.45. The Morgan fingerprint density at radius 3 is 2.60 bits per heavy atom. The van der Waals surface area contributed by atoms with Crippen molar-refractivity contribution in [3.05, 3.63) is 23.8 Å². The Morgan fingerprint density at radius 1 is 1.45 bits per heavy atom. The number of hydrogen-bond donors (Lipinski definition) is 1. The fourth-order valence-corrected chi connectivity index (χ4v) is 1.42. The maximum Gasteiger partial charge on any atom is 0.276 e. The quantitative estimate of drug-likeness (QED) is 0.849. The van der Waals surface area contributed by atoms with Crippen LogP contribution in [-0.2, 0) is 4.79 Å². The maximum absolute atomic E-state index is 11.5. The highest BCUT2D eigenvalue weighted by Crippen LogP contribution is 2.29. The predicted molar refractivity (Wildman–Crippen MR) is 80.4 cm³/mol. The van der Waals surface area contributed by atoms with E-state index in [1.165, 1.54) is 6.07 Å². The van der Waals surface area contributed by atoms with Crippen molar-refractivity contribution in [2.45, 2.75) is 17.6 Å². The number of ether oxygens (including phenoxy) is 1. The Morgan fingerprint density at radius 2 is 2.10 bits per heavy atom. The van der Waals surface area contributed by atoms with Gasteiger partial charge < -0.3 is 10.1 Å². The average molecular weight is 336 g/mol. The first kappa shape index (κ1) is 16.9. The molecule has 0 unspecified atom stereocenters. The third-order valence-electron chi connectivity index (χ3n) is 2.19. The van der Waals surface area contributed by atoms with Crippen LogP contribution in [0.15, 0.2) is 18.2 Å². The van der Waals surface area contributed by atoms with Crippen LogP contribution in [0.4, 0.5) is 5.69 Å². The van der Waals surface area contributed by atoms with Gasteiger partial charge in [-0.05, 0) is 24.1 Å². The molecule has 7 heteroatoms. The van der Waals surface area contributed by atoms with Crippen molar-refractivity contribution >= 4 is 46.4 Å². The van der Waals surface area contributed by atoms with Crippen LogP contribution < -0.4 is 10.1 Å². The zero-order valence-corrected chi connectivity index (χ0v) is 13.2. The van der Waals surface area contributed by atoms with Crippen molar-refractivity contribution in [2.75, 3.05) is 11.9 Å². The van der Waals surface area contributed by atoms with E-state index < -0.39 is 9.70 Å². The first-order valence-electron chi connectivity index (χ1n) is 5.79. The molecule has 0 atom stereocenters. The molecule has 108 valence electrons. The molecule has 0 radical (unpaired) electrons. The molecule has 20 heavy (non-hydrogen) atoms. The highest BCUT2D eigenvalue weighted by atomic mass is 35.6. The van der Waals surface area contributed by atoms with Crippen LogP contribution in [0.25, 0.3) is 0 Å². The fourth-order valence-electron chi connectivity index (χ4n) is 1.28. The number of halogens is 3. The van der Waals surface area contributed by atoms with Gasteiger partial charge in [0.2, 0.25) is 0 Å². The first-order valence-corrected chi connectivity index (χ1v) is 6.92. The highest BCUT2D eigenvalue weighted by Gasteiger charge is 2.30. The Balaban J connectivity index is 2.88. The largest absolute Gasteiger partial charge is 0.492 e. The lowest BCUT2D eigenvalue weighted by atomic mass is 10.2. The molecule has 0 saturated heterocycles. The second-order valence-corrected chi connectivity index (χ2v) is 6.76. The van der Waals surface area contributed by atoms with Crippen LogP contribution in [0.3, 0.4) is 0 Å². The fraction of sp³-hybridized carbons (Fsp3) is 0.385. The molecule has 0 aromatic heterocycles. The maximum atomic E-state index is 11.5. The highest BCUT2D eigenvalue weighted by molar-refractivity contribution is 6.76. The van der Waals surface area contributed by atoms with E-state index in [1.54, 1.807) is 12.1 Å². The summed E-state index contributed by atoms with van der Waals surface area (Å²) in [6, 6.07) is 6.63. The van der Waals surface area contributed by atoms with Crippen LogP contribution in [0, 0.1) is 17.2 Å².